The van der Waals surface area contributed by atoms with Gasteiger partial charge in [-0.3, -0.25) is 9.78 Å². The molecule has 3 aliphatic carbocycles. The fourth-order valence-corrected chi connectivity index (χ4v) is 6.21. The van der Waals surface area contributed by atoms with Crippen molar-refractivity contribution in [1.29, 1.82) is 0 Å². The maximum absolute atomic E-state index is 11.4. The van der Waals surface area contributed by atoms with Gasteiger partial charge in [-0.15, -0.1) is 0 Å². The molecule has 1 aromatic rings. The summed E-state index contributed by atoms with van der Waals surface area (Å²) in [6.45, 7) is 6.47. The molecule has 1 unspecified atom stereocenters. The van der Waals surface area contributed by atoms with Gasteiger partial charge in [-0.2, -0.15) is 0 Å². The van der Waals surface area contributed by atoms with E-state index in [2.05, 4.69) is 43.1 Å². The van der Waals surface area contributed by atoms with Gasteiger partial charge in [0.25, 0.3) is 0 Å². The molecular weight excluding hydrogens is 358 g/mol. The zero-order valence-corrected chi connectivity index (χ0v) is 18.2. The van der Waals surface area contributed by atoms with Gasteiger partial charge in [0.05, 0.1) is 0 Å². The van der Waals surface area contributed by atoms with E-state index < -0.39 is 0 Å². The average Bonchev–Trinajstić information content (AvgIpc) is 3.01. The molecular formula is C26H35NO2. The first-order chi connectivity index (χ1) is 13.9. The van der Waals surface area contributed by atoms with Crippen LogP contribution in [-0.2, 0) is 9.53 Å². The van der Waals surface area contributed by atoms with Crippen molar-refractivity contribution in [2.45, 2.75) is 84.7 Å². The van der Waals surface area contributed by atoms with Crippen LogP contribution in [0.4, 0.5) is 0 Å². The summed E-state index contributed by atoms with van der Waals surface area (Å²) in [5.74, 6) is 0.557. The van der Waals surface area contributed by atoms with Crippen molar-refractivity contribution in [3.63, 3.8) is 0 Å². The van der Waals surface area contributed by atoms with E-state index in [1.807, 2.05) is 12.4 Å². The molecule has 156 valence electrons. The Morgan fingerprint density at radius 2 is 2.03 bits per heavy atom. The number of carbonyl (C=O) groups is 1. The standard InChI is InChI=1S/C26H35NO2/c1-19(28)29-23-12-15-25(2)13-6-14-26(3)21(8-4-9-22(25)17-23)10-11-24(26)20-7-5-16-27-18-20/h5,7,9,11,16,18,21,23H,4,6,8,10,12-15,17H2,1-3H3/b22-9-/t21?,23-,25-,26-/m0/s1. The summed E-state index contributed by atoms with van der Waals surface area (Å²) < 4.78 is 5.57. The summed E-state index contributed by atoms with van der Waals surface area (Å²) in [4.78, 5) is 15.8. The first-order valence-electron chi connectivity index (χ1n) is 11.4. The Balaban J connectivity index is 1.54. The first kappa shape index (κ1) is 20.4. The van der Waals surface area contributed by atoms with Crippen molar-refractivity contribution in [2.24, 2.45) is 16.7 Å². The lowest BCUT2D eigenvalue weighted by atomic mass is 9.63. The fourth-order valence-electron chi connectivity index (χ4n) is 6.21. The molecule has 3 aliphatic rings. The number of hydrogen-bond donors (Lipinski definition) is 0. The number of pyridine rings is 1. The Labute approximate surface area is 175 Å². The molecule has 0 bridgehead atoms. The summed E-state index contributed by atoms with van der Waals surface area (Å²) in [7, 11) is 0. The molecule has 4 rings (SSSR count). The Kier molecular flexibility index (Phi) is 5.68. The van der Waals surface area contributed by atoms with Crippen LogP contribution in [0, 0.1) is 16.7 Å². The zero-order valence-electron chi connectivity index (χ0n) is 18.2. The van der Waals surface area contributed by atoms with Gasteiger partial charge in [-0.1, -0.05) is 44.1 Å². The molecule has 3 heteroatoms. The molecule has 1 saturated carbocycles. The minimum Gasteiger partial charge on any atom is -0.462 e. The molecule has 0 radical (unpaired) electrons. The zero-order chi connectivity index (χ0) is 20.5. The molecule has 1 aromatic heterocycles. The van der Waals surface area contributed by atoms with E-state index in [1.54, 1.807) is 0 Å². The van der Waals surface area contributed by atoms with Gasteiger partial charge in [0.15, 0.2) is 0 Å². The van der Waals surface area contributed by atoms with Gasteiger partial charge in [-0.25, -0.2) is 0 Å². The Morgan fingerprint density at radius 3 is 2.79 bits per heavy atom. The predicted molar refractivity (Wildman–Crippen MR) is 117 cm³/mol. The monoisotopic (exact) mass is 393 g/mol. The van der Waals surface area contributed by atoms with Crippen molar-refractivity contribution in [1.82, 2.24) is 4.98 Å². The maximum atomic E-state index is 11.4. The van der Waals surface area contributed by atoms with E-state index in [1.165, 1.54) is 55.7 Å². The van der Waals surface area contributed by atoms with E-state index in [0.717, 1.165) is 25.7 Å². The van der Waals surface area contributed by atoms with Crippen LogP contribution in [0.25, 0.3) is 5.57 Å². The van der Waals surface area contributed by atoms with Crippen molar-refractivity contribution in [3.05, 3.63) is 47.8 Å². The lowest BCUT2D eigenvalue weighted by molar-refractivity contribution is -0.147. The molecule has 0 aliphatic heterocycles. The predicted octanol–water partition coefficient (Wildman–Crippen LogP) is 6.50. The van der Waals surface area contributed by atoms with Gasteiger partial charge in [0.2, 0.25) is 0 Å². The van der Waals surface area contributed by atoms with Crippen LogP contribution < -0.4 is 0 Å². The topological polar surface area (TPSA) is 39.2 Å². The van der Waals surface area contributed by atoms with Gasteiger partial charge in [-0.05, 0) is 78.9 Å². The van der Waals surface area contributed by atoms with E-state index >= 15 is 0 Å². The van der Waals surface area contributed by atoms with Gasteiger partial charge in [0, 0.05) is 25.7 Å². The van der Waals surface area contributed by atoms with Crippen LogP contribution in [-0.4, -0.2) is 17.1 Å². The van der Waals surface area contributed by atoms with Gasteiger partial charge in [0.1, 0.15) is 6.10 Å². The molecule has 4 atom stereocenters. The van der Waals surface area contributed by atoms with Crippen molar-refractivity contribution in [3.8, 4) is 0 Å². The van der Waals surface area contributed by atoms with E-state index in [4.69, 9.17) is 4.74 Å². The molecule has 29 heavy (non-hydrogen) atoms. The molecule has 0 N–H and O–H groups in total. The van der Waals surface area contributed by atoms with Crippen LogP contribution >= 0.6 is 0 Å². The van der Waals surface area contributed by atoms with E-state index in [9.17, 15) is 4.79 Å². The fraction of sp³-hybridized carbons (Fsp3) is 0.615. The van der Waals surface area contributed by atoms with E-state index in [0.29, 0.717) is 5.92 Å². The second-order valence-electron chi connectivity index (χ2n) is 9.90. The number of fused-ring (bicyclic) bond motifs is 2. The number of hydrogen-bond acceptors (Lipinski definition) is 3. The summed E-state index contributed by atoms with van der Waals surface area (Å²) in [6.07, 6.45) is 19.3. The minimum atomic E-state index is -0.144. The summed E-state index contributed by atoms with van der Waals surface area (Å²) >= 11 is 0. The third kappa shape index (κ3) is 4.06. The quantitative estimate of drug-likeness (QED) is 0.425. The van der Waals surface area contributed by atoms with Crippen molar-refractivity contribution in [2.75, 3.05) is 0 Å². The Bertz CT molecular complexity index is 811. The summed E-state index contributed by atoms with van der Waals surface area (Å²) in [5, 5.41) is 0. The van der Waals surface area contributed by atoms with E-state index in [-0.39, 0.29) is 22.9 Å². The molecule has 0 spiro atoms. The second-order valence-corrected chi connectivity index (χ2v) is 9.90. The van der Waals surface area contributed by atoms with Crippen LogP contribution in [0.3, 0.4) is 0 Å². The normalized spacial score (nSPS) is 36.8. The van der Waals surface area contributed by atoms with Crippen LogP contribution in [0.15, 0.2) is 42.3 Å². The van der Waals surface area contributed by atoms with Crippen LogP contribution in [0.5, 0.6) is 0 Å². The number of ether oxygens (including phenoxy) is 1. The molecule has 0 saturated heterocycles. The van der Waals surface area contributed by atoms with Crippen LogP contribution in [0.2, 0.25) is 0 Å². The Hall–Kier alpha value is -1.90. The second kappa shape index (κ2) is 8.08. The molecule has 0 aromatic carbocycles. The highest BCUT2D eigenvalue weighted by Gasteiger charge is 2.43. The average molecular weight is 394 g/mol. The van der Waals surface area contributed by atoms with Crippen molar-refractivity contribution < 1.29 is 9.53 Å². The number of rotatable bonds is 2. The molecule has 3 nitrogen and oxygen atoms in total. The SMILES string of the molecule is CC(=O)O[C@H]1CC[C@]2(C)CCC[C@]3(C)C(c4cccnc4)=CCC3CC/C=C\2C1. The van der Waals surface area contributed by atoms with Crippen LogP contribution in [0.1, 0.15) is 84.1 Å². The Morgan fingerprint density at radius 1 is 1.17 bits per heavy atom. The number of esters is 1. The third-order valence-corrected chi connectivity index (χ3v) is 8.00. The number of carbonyl (C=O) groups excluding carboxylic acids is 1. The summed E-state index contributed by atoms with van der Waals surface area (Å²) in [5.41, 5.74) is 4.87. The lowest BCUT2D eigenvalue weighted by Crippen LogP contribution is -2.33. The smallest absolute Gasteiger partial charge is 0.302 e. The van der Waals surface area contributed by atoms with Gasteiger partial charge < -0.3 is 4.74 Å². The molecule has 0 amide bonds. The highest BCUT2D eigenvalue weighted by atomic mass is 16.5. The lowest BCUT2D eigenvalue weighted by Gasteiger charge is -2.43. The summed E-state index contributed by atoms with van der Waals surface area (Å²) in [6, 6.07) is 4.28. The first-order valence-corrected chi connectivity index (χ1v) is 11.4. The number of allylic oxidation sites excluding steroid dienone is 3. The van der Waals surface area contributed by atoms with Gasteiger partial charge >= 0.3 is 5.97 Å². The maximum Gasteiger partial charge on any atom is 0.302 e. The van der Waals surface area contributed by atoms with Crippen molar-refractivity contribution >= 4 is 11.5 Å². The third-order valence-electron chi connectivity index (χ3n) is 8.00. The minimum absolute atomic E-state index is 0.0744. The number of aromatic nitrogens is 1. The highest BCUT2D eigenvalue weighted by molar-refractivity contribution is 5.72. The molecule has 1 fully saturated rings. The molecule has 1 heterocycles. The highest BCUT2D eigenvalue weighted by Crippen LogP contribution is 2.55. The number of nitrogens with zero attached hydrogens (tertiary/aromatic N) is 1. The largest absolute Gasteiger partial charge is 0.462 e.